The van der Waals surface area contributed by atoms with Gasteiger partial charge >= 0.3 is 5.97 Å². The van der Waals surface area contributed by atoms with Gasteiger partial charge in [-0.2, -0.15) is 0 Å². The molecule has 1 fully saturated rings. The van der Waals surface area contributed by atoms with Crippen molar-refractivity contribution in [3.8, 4) is 5.75 Å². The van der Waals surface area contributed by atoms with Crippen LogP contribution in [0.15, 0.2) is 22.7 Å². The number of phenols is 1. The lowest BCUT2D eigenvalue weighted by Gasteiger charge is -2.16. The zero-order chi connectivity index (χ0) is 14.0. The molecule has 1 unspecified atom stereocenters. The molecule has 6 heteroatoms. The molecule has 1 atom stereocenters. The molecule has 1 amide bonds. The maximum atomic E-state index is 12.0. The molecule has 0 saturated heterocycles. The van der Waals surface area contributed by atoms with Gasteiger partial charge in [0, 0.05) is 11.6 Å². The number of aromatic hydroxyl groups is 1. The fraction of sp³-hybridized carbons (Fsp3) is 0.385. The molecule has 5 nitrogen and oxygen atoms in total. The Labute approximate surface area is 118 Å². The maximum Gasteiger partial charge on any atom is 0.305 e. The van der Waals surface area contributed by atoms with Crippen molar-refractivity contribution in [3.63, 3.8) is 0 Å². The van der Waals surface area contributed by atoms with Crippen LogP contribution in [0.1, 0.15) is 29.6 Å². The van der Waals surface area contributed by atoms with Crippen molar-refractivity contribution in [2.24, 2.45) is 5.92 Å². The third-order valence-corrected chi connectivity index (χ3v) is 3.78. The molecular weight excluding hydrogens is 314 g/mol. The van der Waals surface area contributed by atoms with E-state index >= 15 is 0 Å². The second-order valence-corrected chi connectivity index (χ2v) is 5.54. The van der Waals surface area contributed by atoms with E-state index in [0.29, 0.717) is 10.0 Å². The standard InChI is InChI=1S/C13H14BrNO4/c14-9-4-3-8(5-11(9)16)13(19)15-10(6-12(17)18)7-1-2-7/h3-5,7,10,16H,1-2,6H2,(H,15,19)(H,17,18). The highest BCUT2D eigenvalue weighted by Crippen LogP contribution is 2.34. The molecule has 0 bridgehead atoms. The SMILES string of the molecule is O=C(O)CC(NC(=O)c1ccc(Br)c(O)c1)C1CC1. The van der Waals surface area contributed by atoms with E-state index in [2.05, 4.69) is 21.2 Å². The molecule has 0 aromatic heterocycles. The molecule has 0 spiro atoms. The largest absolute Gasteiger partial charge is 0.507 e. The second kappa shape index (κ2) is 5.61. The molecule has 2 rings (SSSR count). The quantitative estimate of drug-likeness (QED) is 0.773. The van der Waals surface area contributed by atoms with E-state index in [0.717, 1.165) is 12.8 Å². The number of hydrogen-bond donors (Lipinski definition) is 3. The maximum absolute atomic E-state index is 12.0. The predicted molar refractivity (Wildman–Crippen MR) is 72.0 cm³/mol. The number of aliphatic carboxylic acids is 1. The monoisotopic (exact) mass is 327 g/mol. The first kappa shape index (κ1) is 13.9. The van der Waals surface area contributed by atoms with E-state index in [1.54, 1.807) is 12.1 Å². The van der Waals surface area contributed by atoms with Crippen LogP contribution in [0.5, 0.6) is 5.75 Å². The van der Waals surface area contributed by atoms with Crippen LogP contribution in [0, 0.1) is 5.92 Å². The number of carbonyl (C=O) groups is 2. The summed E-state index contributed by atoms with van der Waals surface area (Å²) in [6.45, 7) is 0. The number of carbonyl (C=O) groups excluding carboxylic acids is 1. The Morgan fingerprint density at radius 3 is 2.63 bits per heavy atom. The summed E-state index contributed by atoms with van der Waals surface area (Å²) in [6, 6.07) is 4.16. The second-order valence-electron chi connectivity index (χ2n) is 4.68. The molecule has 1 aliphatic carbocycles. The van der Waals surface area contributed by atoms with Gasteiger partial charge in [-0.3, -0.25) is 9.59 Å². The molecule has 1 aromatic rings. The number of phenolic OH excluding ortho intramolecular Hbond substituents is 1. The summed E-state index contributed by atoms with van der Waals surface area (Å²) in [5, 5.41) is 21.1. The van der Waals surface area contributed by atoms with E-state index in [4.69, 9.17) is 5.11 Å². The van der Waals surface area contributed by atoms with Crippen LogP contribution in [0.4, 0.5) is 0 Å². The Hall–Kier alpha value is -1.56. The first-order valence-electron chi connectivity index (χ1n) is 5.98. The zero-order valence-electron chi connectivity index (χ0n) is 10.1. The molecule has 1 aromatic carbocycles. The number of amides is 1. The highest BCUT2D eigenvalue weighted by atomic mass is 79.9. The number of halogens is 1. The highest BCUT2D eigenvalue weighted by Gasteiger charge is 2.33. The van der Waals surface area contributed by atoms with E-state index in [1.165, 1.54) is 6.07 Å². The van der Waals surface area contributed by atoms with Crippen LogP contribution >= 0.6 is 15.9 Å². The van der Waals surface area contributed by atoms with Crippen molar-refractivity contribution in [1.82, 2.24) is 5.32 Å². The van der Waals surface area contributed by atoms with Gasteiger partial charge in [0.15, 0.2) is 0 Å². The van der Waals surface area contributed by atoms with Crippen LogP contribution in [0.25, 0.3) is 0 Å². The molecule has 0 radical (unpaired) electrons. The highest BCUT2D eigenvalue weighted by molar-refractivity contribution is 9.10. The third kappa shape index (κ3) is 3.70. The molecule has 102 valence electrons. The Morgan fingerprint density at radius 2 is 2.11 bits per heavy atom. The van der Waals surface area contributed by atoms with Crippen LogP contribution in [0.3, 0.4) is 0 Å². The number of carboxylic acid groups (broad SMARTS) is 1. The van der Waals surface area contributed by atoms with Crippen molar-refractivity contribution in [2.75, 3.05) is 0 Å². The molecule has 1 aliphatic rings. The topological polar surface area (TPSA) is 86.6 Å². The Kier molecular flexibility index (Phi) is 4.09. The summed E-state index contributed by atoms with van der Waals surface area (Å²) in [6.07, 6.45) is 1.83. The molecular formula is C13H14BrNO4. The molecule has 0 aliphatic heterocycles. The van der Waals surface area contributed by atoms with Gasteiger partial charge in [0.25, 0.3) is 5.91 Å². The van der Waals surface area contributed by atoms with Gasteiger partial charge in [-0.25, -0.2) is 0 Å². The van der Waals surface area contributed by atoms with Crippen LogP contribution in [-0.2, 0) is 4.79 Å². The molecule has 3 N–H and O–H groups in total. The molecule has 19 heavy (non-hydrogen) atoms. The summed E-state index contributed by atoms with van der Waals surface area (Å²) in [4.78, 5) is 22.8. The number of hydrogen-bond acceptors (Lipinski definition) is 3. The van der Waals surface area contributed by atoms with Crippen LogP contribution < -0.4 is 5.32 Å². The Morgan fingerprint density at radius 1 is 1.42 bits per heavy atom. The van der Waals surface area contributed by atoms with Gasteiger partial charge in [-0.15, -0.1) is 0 Å². The first-order valence-corrected chi connectivity index (χ1v) is 6.78. The van der Waals surface area contributed by atoms with Crippen molar-refractivity contribution in [2.45, 2.75) is 25.3 Å². The van der Waals surface area contributed by atoms with Gasteiger partial charge in [-0.05, 0) is 52.9 Å². The summed E-state index contributed by atoms with van der Waals surface area (Å²) < 4.78 is 0.508. The third-order valence-electron chi connectivity index (χ3n) is 3.11. The fourth-order valence-electron chi connectivity index (χ4n) is 1.93. The van der Waals surface area contributed by atoms with E-state index in [9.17, 15) is 14.7 Å². The van der Waals surface area contributed by atoms with E-state index < -0.39 is 5.97 Å². The first-order chi connectivity index (χ1) is 8.97. The zero-order valence-corrected chi connectivity index (χ0v) is 11.7. The summed E-state index contributed by atoms with van der Waals surface area (Å²) in [7, 11) is 0. The van der Waals surface area contributed by atoms with Crippen molar-refractivity contribution in [1.29, 1.82) is 0 Å². The van der Waals surface area contributed by atoms with Gasteiger partial charge in [0.1, 0.15) is 5.75 Å². The summed E-state index contributed by atoms with van der Waals surface area (Å²) in [5.74, 6) is -1.05. The number of carboxylic acids is 1. The minimum Gasteiger partial charge on any atom is -0.507 e. The lowest BCUT2D eigenvalue weighted by atomic mass is 10.1. The van der Waals surface area contributed by atoms with E-state index in [1.807, 2.05) is 0 Å². The van der Waals surface area contributed by atoms with Crippen LogP contribution in [0.2, 0.25) is 0 Å². The smallest absolute Gasteiger partial charge is 0.305 e. The minimum atomic E-state index is -0.921. The lowest BCUT2D eigenvalue weighted by Crippen LogP contribution is -2.38. The molecule has 0 heterocycles. The summed E-state index contributed by atoms with van der Waals surface area (Å²) in [5.41, 5.74) is 0.316. The van der Waals surface area contributed by atoms with Gasteiger partial charge < -0.3 is 15.5 Å². The lowest BCUT2D eigenvalue weighted by molar-refractivity contribution is -0.137. The number of nitrogens with one attached hydrogen (secondary N) is 1. The molecule has 1 saturated carbocycles. The normalized spacial score (nSPS) is 15.8. The Bertz CT molecular complexity index is 513. The fourth-order valence-corrected chi connectivity index (χ4v) is 2.17. The van der Waals surface area contributed by atoms with Crippen molar-refractivity contribution < 1.29 is 19.8 Å². The number of rotatable bonds is 5. The van der Waals surface area contributed by atoms with Crippen molar-refractivity contribution in [3.05, 3.63) is 28.2 Å². The van der Waals surface area contributed by atoms with Gasteiger partial charge in [0.2, 0.25) is 0 Å². The summed E-state index contributed by atoms with van der Waals surface area (Å²) >= 11 is 3.14. The van der Waals surface area contributed by atoms with Crippen molar-refractivity contribution >= 4 is 27.8 Å². The van der Waals surface area contributed by atoms with Gasteiger partial charge in [0.05, 0.1) is 10.9 Å². The van der Waals surface area contributed by atoms with Gasteiger partial charge in [-0.1, -0.05) is 0 Å². The van der Waals surface area contributed by atoms with Crippen LogP contribution in [-0.4, -0.2) is 28.1 Å². The average Bonchev–Trinajstić information content (AvgIpc) is 3.15. The van der Waals surface area contributed by atoms with E-state index in [-0.39, 0.29) is 30.0 Å². The minimum absolute atomic E-state index is 0.0196. The number of benzene rings is 1. The Balaban J connectivity index is 2.05. The predicted octanol–water partition coefficient (Wildman–Crippen LogP) is 2.14. The average molecular weight is 328 g/mol.